The predicted molar refractivity (Wildman–Crippen MR) is 101 cm³/mol. The number of hydrogen-bond donors (Lipinski definition) is 1. The van der Waals surface area contributed by atoms with E-state index in [0.717, 1.165) is 37.2 Å². The standard InChI is InChI=1S/C19H23N5O2/c1-12-4-5-13(2)16(10-12)26-14-6-8-24(9-7-14)19-21-17-15(18(25)22-19)11-20-23(17)3/h4-5,10-11,14H,6-9H2,1-3H3,(H,21,22,25). The molecule has 1 N–H and O–H groups in total. The molecule has 7 nitrogen and oxygen atoms in total. The van der Waals surface area contributed by atoms with Gasteiger partial charge in [-0.05, 0) is 31.0 Å². The number of fused-ring (bicyclic) bond motifs is 1. The maximum absolute atomic E-state index is 12.2. The maximum atomic E-state index is 12.2. The van der Waals surface area contributed by atoms with Crippen LogP contribution in [0.5, 0.6) is 5.75 Å². The van der Waals surface area contributed by atoms with Gasteiger partial charge in [-0.1, -0.05) is 12.1 Å². The summed E-state index contributed by atoms with van der Waals surface area (Å²) in [5.41, 5.74) is 2.82. The first-order valence-corrected chi connectivity index (χ1v) is 8.92. The minimum atomic E-state index is -0.146. The number of hydrogen-bond acceptors (Lipinski definition) is 5. The second-order valence-corrected chi connectivity index (χ2v) is 6.97. The average Bonchev–Trinajstić information content (AvgIpc) is 3.00. The maximum Gasteiger partial charge on any atom is 0.263 e. The number of piperidine rings is 1. The summed E-state index contributed by atoms with van der Waals surface area (Å²) in [6.07, 6.45) is 3.51. The Kier molecular flexibility index (Phi) is 4.14. The van der Waals surface area contributed by atoms with E-state index >= 15 is 0 Å². The molecule has 136 valence electrons. The minimum absolute atomic E-state index is 0.146. The number of ether oxygens (including phenoxy) is 1. The zero-order valence-corrected chi connectivity index (χ0v) is 15.3. The van der Waals surface area contributed by atoms with Crippen molar-refractivity contribution in [2.24, 2.45) is 7.05 Å². The molecule has 0 unspecified atom stereocenters. The molecule has 1 saturated heterocycles. The van der Waals surface area contributed by atoms with Crippen LogP contribution in [-0.4, -0.2) is 38.9 Å². The molecule has 4 rings (SSSR count). The van der Waals surface area contributed by atoms with Crippen molar-refractivity contribution >= 4 is 17.0 Å². The summed E-state index contributed by atoms with van der Waals surface area (Å²) in [6, 6.07) is 6.29. The molecule has 3 heterocycles. The van der Waals surface area contributed by atoms with Crippen molar-refractivity contribution in [1.29, 1.82) is 0 Å². The molecule has 0 aliphatic carbocycles. The lowest BCUT2D eigenvalue weighted by Gasteiger charge is -2.32. The highest BCUT2D eigenvalue weighted by Crippen LogP contribution is 2.25. The first-order valence-electron chi connectivity index (χ1n) is 8.92. The van der Waals surface area contributed by atoms with Crippen molar-refractivity contribution in [3.8, 4) is 5.75 Å². The number of H-pyrrole nitrogens is 1. The summed E-state index contributed by atoms with van der Waals surface area (Å²) < 4.78 is 7.85. The van der Waals surface area contributed by atoms with Crippen LogP contribution in [0.2, 0.25) is 0 Å². The van der Waals surface area contributed by atoms with Crippen molar-refractivity contribution in [1.82, 2.24) is 19.7 Å². The van der Waals surface area contributed by atoms with Crippen LogP contribution in [0.25, 0.3) is 11.0 Å². The molecule has 0 saturated carbocycles. The first kappa shape index (κ1) is 16.6. The van der Waals surface area contributed by atoms with Gasteiger partial charge in [0.15, 0.2) is 5.65 Å². The van der Waals surface area contributed by atoms with Gasteiger partial charge in [-0.2, -0.15) is 10.1 Å². The number of rotatable bonds is 3. The molecule has 1 aliphatic rings. The van der Waals surface area contributed by atoms with Crippen LogP contribution in [0.3, 0.4) is 0 Å². The van der Waals surface area contributed by atoms with Crippen LogP contribution in [0.1, 0.15) is 24.0 Å². The van der Waals surface area contributed by atoms with Crippen LogP contribution in [0.4, 0.5) is 5.95 Å². The lowest BCUT2D eigenvalue weighted by molar-refractivity contribution is 0.169. The third-order valence-corrected chi connectivity index (χ3v) is 4.97. The van der Waals surface area contributed by atoms with E-state index in [1.165, 1.54) is 5.56 Å². The van der Waals surface area contributed by atoms with Gasteiger partial charge in [0.05, 0.1) is 6.20 Å². The second-order valence-electron chi connectivity index (χ2n) is 6.97. The number of aromatic amines is 1. The molecule has 1 fully saturated rings. The molecule has 0 radical (unpaired) electrons. The Balaban J connectivity index is 1.47. The largest absolute Gasteiger partial charge is 0.490 e. The summed E-state index contributed by atoms with van der Waals surface area (Å²) in [5, 5.41) is 4.63. The fourth-order valence-electron chi connectivity index (χ4n) is 3.37. The molecule has 2 aromatic heterocycles. The summed E-state index contributed by atoms with van der Waals surface area (Å²) >= 11 is 0. The average molecular weight is 353 g/mol. The van der Waals surface area contributed by atoms with E-state index in [2.05, 4.69) is 52.0 Å². The second kappa shape index (κ2) is 6.48. The molecule has 7 heteroatoms. The quantitative estimate of drug-likeness (QED) is 0.782. The SMILES string of the molecule is Cc1ccc(C)c(OC2CCN(c3nc4c(cnn4C)c(=O)[nH]3)CC2)c1. The zero-order valence-electron chi connectivity index (χ0n) is 15.3. The Morgan fingerprint density at radius 1 is 1.23 bits per heavy atom. The zero-order chi connectivity index (χ0) is 18.3. The van der Waals surface area contributed by atoms with Crippen LogP contribution < -0.4 is 15.2 Å². The molecular weight excluding hydrogens is 330 g/mol. The van der Waals surface area contributed by atoms with Gasteiger partial charge in [0, 0.05) is 33.0 Å². The van der Waals surface area contributed by atoms with Gasteiger partial charge in [-0.25, -0.2) is 0 Å². The van der Waals surface area contributed by atoms with Gasteiger partial charge in [0.25, 0.3) is 5.56 Å². The van der Waals surface area contributed by atoms with Crippen LogP contribution in [0, 0.1) is 13.8 Å². The van der Waals surface area contributed by atoms with Crippen molar-refractivity contribution in [2.75, 3.05) is 18.0 Å². The fourth-order valence-corrected chi connectivity index (χ4v) is 3.37. The lowest BCUT2D eigenvalue weighted by atomic mass is 10.1. The number of aryl methyl sites for hydroxylation is 3. The number of aromatic nitrogens is 4. The van der Waals surface area contributed by atoms with Crippen molar-refractivity contribution in [2.45, 2.75) is 32.8 Å². The highest BCUT2D eigenvalue weighted by Gasteiger charge is 2.23. The molecule has 0 amide bonds. The minimum Gasteiger partial charge on any atom is -0.490 e. The Morgan fingerprint density at radius 2 is 2.00 bits per heavy atom. The van der Waals surface area contributed by atoms with E-state index in [1.54, 1.807) is 17.9 Å². The van der Waals surface area contributed by atoms with E-state index in [-0.39, 0.29) is 11.7 Å². The molecule has 1 aliphatic heterocycles. The van der Waals surface area contributed by atoms with E-state index in [1.807, 2.05) is 0 Å². The molecule has 0 spiro atoms. The molecule has 3 aromatic rings. The number of anilines is 1. The van der Waals surface area contributed by atoms with Gasteiger partial charge in [-0.15, -0.1) is 0 Å². The molecular formula is C19H23N5O2. The van der Waals surface area contributed by atoms with Crippen molar-refractivity contribution in [3.05, 3.63) is 45.9 Å². The predicted octanol–water partition coefficient (Wildman–Crippen LogP) is 2.32. The topological polar surface area (TPSA) is 76.0 Å². The van der Waals surface area contributed by atoms with Gasteiger partial charge in [-0.3, -0.25) is 14.5 Å². The number of benzene rings is 1. The summed E-state index contributed by atoms with van der Waals surface area (Å²) in [4.78, 5) is 21.8. The Morgan fingerprint density at radius 3 is 2.77 bits per heavy atom. The van der Waals surface area contributed by atoms with Crippen LogP contribution in [-0.2, 0) is 7.05 Å². The van der Waals surface area contributed by atoms with Crippen molar-refractivity contribution < 1.29 is 4.74 Å². The smallest absolute Gasteiger partial charge is 0.263 e. The number of nitrogens with zero attached hydrogens (tertiary/aromatic N) is 4. The monoisotopic (exact) mass is 353 g/mol. The summed E-state index contributed by atoms with van der Waals surface area (Å²) in [6.45, 7) is 5.73. The fraction of sp³-hybridized carbons (Fsp3) is 0.421. The Hall–Kier alpha value is -2.83. The highest BCUT2D eigenvalue weighted by molar-refractivity contribution is 5.74. The third kappa shape index (κ3) is 3.05. The van der Waals surface area contributed by atoms with Crippen LogP contribution in [0.15, 0.2) is 29.2 Å². The van der Waals surface area contributed by atoms with Crippen molar-refractivity contribution in [3.63, 3.8) is 0 Å². The molecule has 1 aromatic carbocycles. The van der Waals surface area contributed by atoms with Gasteiger partial charge in [0.1, 0.15) is 17.2 Å². The Bertz CT molecular complexity index is 999. The van der Waals surface area contributed by atoms with E-state index in [4.69, 9.17) is 4.74 Å². The molecule has 26 heavy (non-hydrogen) atoms. The highest BCUT2D eigenvalue weighted by atomic mass is 16.5. The molecule has 0 atom stereocenters. The molecule has 0 bridgehead atoms. The van der Waals surface area contributed by atoms with E-state index in [9.17, 15) is 4.79 Å². The normalized spacial score (nSPS) is 15.6. The first-order chi connectivity index (χ1) is 12.5. The van der Waals surface area contributed by atoms with Gasteiger partial charge in [0.2, 0.25) is 5.95 Å². The third-order valence-electron chi connectivity index (χ3n) is 4.97. The summed E-state index contributed by atoms with van der Waals surface area (Å²) in [5.74, 6) is 1.57. The summed E-state index contributed by atoms with van der Waals surface area (Å²) in [7, 11) is 1.79. The number of nitrogens with one attached hydrogen (secondary N) is 1. The van der Waals surface area contributed by atoms with Crippen LogP contribution >= 0.6 is 0 Å². The Labute approximate surface area is 151 Å². The van der Waals surface area contributed by atoms with Gasteiger partial charge >= 0.3 is 0 Å². The lowest BCUT2D eigenvalue weighted by Crippen LogP contribution is -2.40. The van der Waals surface area contributed by atoms with E-state index in [0.29, 0.717) is 17.0 Å². The van der Waals surface area contributed by atoms with Gasteiger partial charge < -0.3 is 9.64 Å². The van der Waals surface area contributed by atoms with E-state index < -0.39 is 0 Å².